The van der Waals surface area contributed by atoms with Crippen LogP contribution in [0.4, 0.5) is 5.69 Å². The van der Waals surface area contributed by atoms with Gasteiger partial charge in [-0.25, -0.2) is 9.78 Å². The number of nitrogen functional groups attached to an aromatic ring is 1. The number of aromatic nitrogens is 2. The third-order valence-corrected chi connectivity index (χ3v) is 3.07. The molecule has 1 aromatic carbocycles. The van der Waals surface area contributed by atoms with Gasteiger partial charge < -0.3 is 10.5 Å². The number of anilines is 1. The Hall–Kier alpha value is -2.82. The fraction of sp³-hybridized carbons (Fsp3) is 0.0667. The van der Waals surface area contributed by atoms with Crippen LogP contribution in [0.15, 0.2) is 48.7 Å². The minimum Gasteiger partial charge on any atom is -0.464 e. The molecular formula is C15H13N3O2. The summed E-state index contributed by atoms with van der Waals surface area (Å²) >= 11 is 0. The monoisotopic (exact) mass is 267 g/mol. The largest absolute Gasteiger partial charge is 0.464 e. The Bertz CT molecular complexity index is 793. The van der Waals surface area contributed by atoms with Gasteiger partial charge in [-0.1, -0.05) is 18.2 Å². The molecule has 0 unspecified atom stereocenters. The highest BCUT2D eigenvalue weighted by Gasteiger charge is 2.12. The highest BCUT2D eigenvalue weighted by molar-refractivity contribution is 5.88. The molecule has 2 heterocycles. The molecule has 3 aromatic rings. The van der Waals surface area contributed by atoms with E-state index in [1.54, 1.807) is 22.7 Å². The van der Waals surface area contributed by atoms with E-state index >= 15 is 0 Å². The number of benzene rings is 1. The number of methoxy groups -OCH3 is 1. The van der Waals surface area contributed by atoms with Crippen LogP contribution in [0.2, 0.25) is 0 Å². The molecular weight excluding hydrogens is 254 g/mol. The summed E-state index contributed by atoms with van der Waals surface area (Å²) in [6.45, 7) is 0. The quantitative estimate of drug-likeness (QED) is 0.571. The number of rotatable bonds is 2. The number of nitrogens with two attached hydrogens (primary N) is 1. The summed E-state index contributed by atoms with van der Waals surface area (Å²) in [6.07, 6.45) is 1.80. The second-order valence-corrected chi connectivity index (χ2v) is 4.38. The van der Waals surface area contributed by atoms with Crippen molar-refractivity contribution in [3.05, 3.63) is 54.4 Å². The Morgan fingerprint density at radius 2 is 2.05 bits per heavy atom. The van der Waals surface area contributed by atoms with Gasteiger partial charge in [0.25, 0.3) is 0 Å². The van der Waals surface area contributed by atoms with Gasteiger partial charge in [-0.05, 0) is 24.3 Å². The predicted molar refractivity (Wildman–Crippen MR) is 76.4 cm³/mol. The lowest BCUT2D eigenvalue weighted by Gasteiger charge is -2.01. The number of pyridine rings is 1. The van der Waals surface area contributed by atoms with E-state index in [0.717, 1.165) is 11.3 Å². The van der Waals surface area contributed by atoms with Crippen LogP contribution in [0.5, 0.6) is 0 Å². The molecule has 0 saturated carbocycles. The molecule has 100 valence electrons. The SMILES string of the molecule is COC(=O)c1cccc2nc(-c3cccc(N)c3)cn12. The van der Waals surface area contributed by atoms with Crippen molar-refractivity contribution < 1.29 is 9.53 Å². The zero-order chi connectivity index (χ0) is 14.1. The Kier molecular flexibility index (Phi) is 2.87. The first-order valence-corrected chi connectivity index (χ1v) is 6.11. The first-order valence-electron chi connectivity index (χ1n) is 6.11. The highest BCUT2D eigenvalue weighted by atomic mass is 16.5. The number of imidazole rings is 1. The van der Waals surface area contributed by atoms with Crippen molar-refractivity contribution in [1.82, 2.24) is 9.38 Å². The van der Waals surface area contributed by atoms with Crippen molar-refractivity contribution in [2.24, 2.45) is 0 Å². The summed E-state index contributed by atoms with van der Waals surface area (Å²) in [6, 6.07) is 12.8. The van der Waals surface area contributed by atoms with Gasteiger partial charge in [-0.2, -0.15) is 0 Å². The lowest BCUT2D eigenvalue weighted by Crippen LogP contribution is -2.06. The van der Waals surface area contributed by atoms with Gasteiger partial charge in [0.05, 0.1) is 12.8 Å². The number of nitrogens with zero attached hydrogens (tertiary/aromatic N) is 2. The fourth-order valence-corrected chi connectivity index (χ4v) is 2.12. The molecule has 0 aliphatic heterocycles. The minimum atomic E-state index is -0.396. The molecule has 0 fully saturated rings. The summed E-state index contributed by atoms with van der Waals surface area (Å²) in [5.74, 6) is -0.396. The number of ether oxygens (including phenoxy) is 1. The summed E-state index contributed by atoms with van der Waals surface area (Å²) in [5, 5.41) is 0. The first-order chi connectivity index (χ1) is 9.69. The van der Waals surface area contributed by atoms with Gasteiger partial charge >= 0.3 is 5.97 Å². The van der Waals surface area contributed by atoms with Crippen molar-refractivity contribution in [2.75, 3.05) is 12.8 Å². The van der Waals surface area contributed by atoms with Crippen LogP contribution in [-0.4, -0.2) is 22.5 Å². The first kappa shape index (κ1) is 12.2. The molecule has 0 aliphatic carbocycles. The number of hydrogen-bond acceptors (Lipinski definition) is 4. The van der Waals surface area contributed by atoms with Gasteiger partial charge in [0.15, 0.2) is 0 Å². The van der Waals surface area contributed by atoms with Crippen LogP contribution in [0.3, 0.4) is 0 Å². The zero-order valence-electron chi connectivity index (χ0n) is 10.9. The second kappa shape index (κ2) is 4.70. The molecule has 2 N–H and O–H groups in total. The van der Waals surface area contributed by atoms with Gasteiger partial charge in [0.1, 0.15) is 11.3 Å². The van der Waals surface area contributed by atoms with E-state index in [1.165, 1.54) is 7.11 Å². The van der Waals surface area contributed by atoms with Gasteiger partial charge in [0, 0.05) is 17.4 Å². The topological polar surface area (TPSA) is 69.6 Å². The Morgan fingerprint density at radius 1 is 1.25 bits per heavy atom. The standard InChI is InChI=1S/C15H13N3O2/c1-20-15(19)13-6-3-7-14-17-12(9-18(13)14)10-4-2-5-11(16)8-10/h2-9H,16H2,1H3. The number of fused-ring (bicyclic) bond motifs is 1. The van der Waals surface area contributed by atoms with E-state index in [9.17, 15) is 4.79 Å². The fourth-order valence-electron chi connectivity index (χ4n) is 2.12. The average Bonchev–Trinajstić information content (AvgIpc) is 2.90. The molecule has 0 amide bonds. The maximum absolute atomic E-state index is 11.7. The zero-order valence-corrected chi connectivity index (χ0v) is 10.9. The van der Waals surface area contributed by atoms with Crippen molar-refractivity contribution in [3.8, 4) is 11.3 Å². The third-order valence-electron chi connectivity index (χ3n) is 3.07. The molecule has 20 heavy (non-hydrogen) atoms. The number of esters is 1. The highest BCUT2D eigenvalue weighted by Crippen LogP contribution is 2.22. The molecule has 0 saturated heterocycles. The van der Waals surface area contributed by atoms with Crippen LogP contribution in [0.25, 0.3) is 16.9 Å². The van der Waals surface area contributed by atoms with Crippen LogP contribution in [-0.2, 0) is 4.74 Å². The van der Waals surface area contributed by atoms with Crippen molar-refractivity contribution >= 4 is 17.3 Å². The van der Waals surface area contributed by atoms with Crippen LogP contribution in [0, 0.1) is 0 Å². The maximum Gasteiger partial charge on any atom is 0.355 e. The Labute approximate surface area is 115 Å². The molecule has 5 nitrogen and oxygen atoms in total. The maximum atomic E-state index is 11.7. The lowest BCUT2D eigenvalue weighted by atomic mass is 10.1. The van der Waals surface area contributed by atoms with Crippen LogP contribution < -0.4 is 5.73 Å². The van der Waals surface area contributed by atoms with E-state index in [4.69, 9.17) is 10.5 Å². The lowest BCUT2D eigenvalue weighted by molar-refractivity contribution is 0.0592. The van der Waals surface area contributed by atoms with Crippen LogP contribution >= 0.6 is 0 Å². The Morgan fingerprint density at radius 3 is 2.80 bits per heavy atom. The summed E-state index contributed by atoms with van der Waals surface area (Å²) in [5.41, 5.74) is 9.24. The summed E-state index contributed by atoms with van der Waals surface area (Å²) < 4.78 is 6.48. The minimum absolute atomic E-state index is 0.396. The number of carbonyl (C=O) groups excluding carboxylic acids is 1. The van der Waals surface area contributed by atoms with E-state index in [-0.39, 0.29) is 0 Å². The molecule has 0 aliphatic rings. The van der Waals surface area contributed by atoms with Crippen molar-refractivity contribution in [1.29, 1.82) is 0 Å². The predicted octanol–water partition coefficient (Wildman–Crippen LogP) is 2.37. The van der Waals surface area contributed by atoms with Gasteiger partial charge in [-0.15, -0.1) is 0 Å². The van der Waals surface area contributed by atoms with E-state index in [2.05, 4.69) is 4.98 Å². The average molecular weight is 267 g/mol. The third kappa shape index (κ3) is 1.99. The summed E-state index contributed by atoms with van der Waals surface area (Å²) in [7, 11) is 1.36. The molecule has 0 atom stereocenters. The summed E-state index contributed by atoms with van der Waals surface area (Å²) in [4.78, 5) is 16.2. The smallest absolute Gasteiger partial charge is 0.355 e. The molecule has 0 bridgehead atoms. The van der Waals surface area contributed by atoms with Gasteiger partial charge in [-0.3, -0.25) is 4.40 Å². The molecule has 0 radical (unpaired) electrons. The van der Waals surface area contributed by atoms with E-state index < -0.39 is 5.97 Å². The normalized spacial score (nSPS) is 10.7. The number of hydrogen-bond donors (Lipinski definition) is 1. The number of carbonyl (C=O) groups is 1. The van der Waals surface area contributed by atoms with E-state index in [1.807, 2.05) is 30.3 Å². The molecule has 5 heteroatoms. The Balaban J connectivity index is 2.18. The molecule has 3 rings (SSSR count). The van der Waals surface area contributed by atoms with E-state index in [0.29, 0.717) is 17.0 Å². The van der Waals surface area contributed by atoms with Crippen LogP contribution in [0.1, 0.15) is 10.5 Å². The second-order valence-electron chi connectivity index (χ2n) is 4.38. The molecule has 0 spiro atoms. The molecule has 2 aromatic heterocycles. The van der Waals surface area contributed by atoms with Crippen molar-refractivity contribution in [2.45, 2.75) is 0 Å². The van der Waals surface area contributed by atoms with Gasteiger partial charge in [0.2, 0.25) is 0 Å². The van der Waals surface area contributed by atoms with Crippen molar-refractivity contribution in [3.63, 3.8) is 0 Å².